The number of benzene rings is 3. The zero-order chi connectivity index (χ0) is 21.7. The Hall–Kier alpha value is -3.46. The maximum Gasteiger partial charge on any atom is 0.264 e. The van der Waals surface area contributed by atoms with Crippen LogP contribution in [0.3, 0.4) is 0 Å². The van der Waals surface area contributed by atoms with Crippen LogP contribution in [-0.2, 0) is 14.8 Å². The second-order valence-electron chi connectivity index (χ2n) is 6.22. The quantitative estimate of drug-likeness (QED) is 0.616. The van der Waals surface area contributed by atoms with E-state index in [1.807, 2.05) is 0 Å². The molecule has 0 spiro atoms. The molecule has 6 nitrogen and oxygen atoms in total. The van der Waals surface area contributed by atoms with E-state index in [0.717, 1.165) is 40.7 Å². The van der Waals surface area contributed by atoms with E-state index in [1.165, 1.54) is 19.2 Å². The molecule has 156 valence electrons. The van der Waals surface area contributed by atoms with Gasteiger partial charge in [0.05, 0.1) is 17.7 Å². The molecule has 0 aliphatic rings. The first kappa shape index (κ1) is 21.3. The molecule has 0 bridgehead atoms. The summed E-state index contributed by atoms with van der Waals surface area (Å²) >= 11 is 0. The number of methoxy groups -OCH3 is 1. The molecule has 0 aliphatic carbocycles. The number of carbonyl (C=O) groups excluding carboxylic acids is 1. The first-order chi connectivity index (χ1) is 14.3. The summed E-state index contributed by atoms with van der Waals surface area (Å²) < 4.78 is 58.7. The number of hydrogen-bond acceptors (Lipinski definition) is 4. The normalized spacial score (nSPS) is 11.0. The van der Waals surface area contributed by atoms with Gasteiger partial charge < -0.3 is 10.1 Å². The second-order valence-corrected chi connectivity index (χ2v) is 8.08. The fourth-order valence-corrected chi connectivity index (χ4v) is 4.11. The number of amides is 1. The molecule has 0 radical (unpaired) electrons. The largest absolute Gasteiger partial charge is 0.497 e. The van der Waals surface area contributed by atoms with Crippen LogP contribution in [0.1, 0.15) is 0 Å². The molecular formula is C21H18F2N2O4S. The molecule has 0 atom stereocenters. The smallest absolute Gasteiger partial charge is 0.264 e. The maximum atomic E-state index is 13.3. The van der Waals surface area contributed by atoms with Crippen LogP contribution in [0.5, 0.6) is 5.75 Å². The molecule has 0 unspecified atom stereocenters. The number of ether oxygens (including phenoxy) is 1. The van der Waals surface area contributed by atoms with E-state index in [2.05, 4.69) is 5.32 Å². The molecule has 0 aromatic heterocycles. The van der Waals surface area contributed by atoms with Crippen molar-refractivity contribution in [3.8, 4) is 5.75 Å². The van der Waals surface area contributed by atoms with Crippen molar-refractivity contribution >= 4 is 27.3 Å². The number of nitrogens with one attached hydrogen (secondary N) is 1. The molecule has 1 N–H and O–H groups in total. The van der Waals surface area contributed by atoms with Crippen molar-refractivity contribution in [1.29, 1.82) is 0 Å². The summed E-state index contributed by atoms with van der Waals surface area (Å²) in [6.07, 6.45) is 0. The second kappa shape index (κ2) is 8.91. The summed E-state index contributed by atoms with van der Waals surface area (Å²) in [4.78, 5) is 12.4. The Morgan fingerprint density at radius 3 is 2.17 bits per heavy atom. The lowest BCUT2D eigenvalue weighted by Gasteiger charge is -2.24. The number of anilines is 2. The van der Waals surface area contributed by atoms with Gasteiger partial charge >= 0.3 is 0 Å². The minimum atomic E-state index is -4.23. The number of nitrogens with zero attached hydrogens (tertiary/aromatic N) is 1. The lowest BCUT2D eigenvalue weighted by Crippen LogP contribution is -2.38. The van der Waals surface area contributed by atoms with Crippen molar-refractivity contribution in [1.82, 2.24) is 0 Å². The van der Waals surface area contributed by atoms with Crippen molar-refractivity contribution in [2.45, 2.75) is 4.90 Å². The lowest BCUT2D eigenvalue weighted by atomic mass is 10.3. The summed E-state index contributed by atoms with van der Waals surface area (Å²) in [5, 5.41) is 2.60. The fraction of sp³-hybridized carbons (Fsp3) is 0.0952. The van der Waals surface area contributed by atoms with Crippen LogP contribution in [-0.4, -0.2) is 28.0 Å². The van der Waals surface area contributed by atoms with Crippen LogP contribution >= 0.6 is 0 Å². The van der Waals surface area contributed by atoms with E-state index in [9.17, 15) is 22.0 Å². The summed E-state index contributed by atoms with van der Waals surface area (Å²) in [5.41, 5.74) is 0.499. The van der Waals surface area contributed by atoms with Crippen LogP contribution in [0.25, 0.3) is 0 Å². The van der Waals surface area contributed by atoms with E-state index in [-0.39, 0.29) is 10.6 Å². The third-order valence-electron chi connectivity index (χ3n) is 4.16. The molecule has 0 saturated heterocycles. The van der Waals surface area contributed by atoms with Crippen molar-refractivity contribution in [2.75, 3.05) is 23.3 Å². The SMILES string of the molecule is COc1cccc(NC(=O)CN(c2ccc(F)cc2)S(=O)(=O)c2ccc(F)cc2)c1. The third-order valence-corrected chi connectivity index (χ3v) is 5.95. The van der Waals surface area contributed by atoms with Crippen LogP contribution in [0.4, 0.5) is 20.2 Å². The van der Waals surface area contributed by atoms with Gasteiger partial charge in [0.15, 0.2) is 0 Å². The average molecular weight is 432 g/mol. The Morgan fingerprint density at radius 2 is 1.57 bits per heavy atom. The van der Waals surface area contributed by atoms with E-state index >= 15 is 0 Å². The Bertz CT molecular complexity index is 1130. The highest BCUT2D eigenvalue weighted by Gasteiger charge is 2.27. The molecule has 0 saturated carbocycles. The van der Waals surface area contributed by atoms with Gasteiger partial charge in [0.2, 0.25) is 5.91 Å². The molecule has 0 aliphatic heterocycles. The number of hydrogen-bond donors (Lipinski definition) is 1. The molecule has 0 heterocycles. The highest BCUT2D eigenvalue weighted by atomic mass is 32.2. The van der Waals surface area contributed by atoms with Gasteiger partial charge in [0.1, 0.15) is 23.9 Å². The predicted molar refractivity (Wildman–Crippen MR) is 109 cm³/mol. The molecule has 0 fully saturated rings. The number of sulfonamides is 1. The van der Waals surface area contributed by atoms with Crippen LogP contribution in [0.2, 0.25) is 0 Å². The van der Waals surface area contributed by atoms with Gasteiger partial charge in [-0.05, 0) is 60.7 Å². The Kier molecular flexibility index (Phi) is 6.31. The molecular weight excluding hydrogens is 414 g/mol. The monoisotopic (exact) mass is 432 g/mol. The standard InChI is InChI=1S/C21H18F2N2O4S/c1-29-19-4-2-3-17(13-19)24-21(26)14-25(18-9-5-15(22)6-10-18)30(27,28)20-11-7-16(23)8-12-20/h2-13H,14H2,1H3,(H,24,26). The topological polar surface area (TPSA) is 75.7 Å². The highest BCUT2D eigenvalue weighted by Crippen LogP contribution is 2.25. The highest BCUT2D eigenvalue weighted by molar-refractivity contribution is 7.92. The van der Waals surface area contributed by atoms with Gasteiger partial charge in [0, 0.05) is 11.8 Å². The molecule has 9 heteroatoms. The lowest BCUT2D eigenvalue weighted by molar-refractivity contribution is -0.114. The van der Waals surface area contributed by atoms with Gasteiger partial charge in [-0.25, -0.2) is 17.2 Å². The van der Waals surface area contributed by atoms with Crippen LogP contribution in [0.15, 0.2) is 77.7 Å². The summed E-state index contributed by atoms with van der Waals surface area (Å²) in [5.74, 6) is -1.27. The maximum absolute atomic E-state index is 13.3. The molecule has 3 rings (SSSR count). The van der Waals surface area contributed by atoms with Crippen molar-refractivity contribution in [3.05, 3.63) is 84.4 Å². The van der Waals surface area contributed by atoms with E-state index in [1.54, 1.807) is 24.3 Å². The molecule has 30 heavy (non-hydrogen) atoms. The third kappa shape index (κ3) is 4.93. The van der Waals surface area contributed by atoms with E-state index in [0.29, 0.717) is 11.4 Å². The summed E-state index contributed by atoms with van der Waals surface area (Å²) in [7, 11) is -2.75. The van der Waals surface area contributed by atoms with Gasteiger partial charge in [0.25, 0.3) is 10.0 Å². The summed E-state index contributed by atoms with van der Waals surface area (Å²) in [6, 6.07) is 15.4. The zero-order valence-corrected chi connectivity index (χ0v) is 16.7. The summed E-state index contributed by atoms with van der Waals surface area (Å²) in [6.45, 7) is -0.581. The molecule has 1 amide bonds. The first-order valence-corrected chi connectivity index (χ1v) is 10.2. The Labute approximate surface area is 172 Å². The minimum absolute atomic E-state index is 0.0847. The van der Waals surface area contributed by atoms with Gasteiger partial charge in [-0.2, -0.15) is 0 Å². The zero-order valence-electron chi connectivity index (χ0n) is 15.9. The van der Waals surface area contributed by atoms with Gasteiger partial charge in [-0.15, -0.1) is 0 Å². The number of carbonyl (C=O) groups is 1. The molecule has 3 aromatic rings. The van der Waals surface area contributed by atoms with E-state index in [4.69, 9.17) is 4.74 Å². The fourth-order valence-electron chi connectivity index (χ4n) is 2.69. The van der Waals surface area contributed by atoms with Crippen molar-refractivity contribution < 1.29 is 26.7 Å². The van der Waals surface area contributed by atoms with Crippen molar-refractivity contribution in [2.24, 2.45) is 0 Å². The van der Waals surface area contributed by atoms with Crippen molar-refractivity contribution in [3.63, 3.8) is 0 Å². The average Bonchev–Trinajstić information content (AvgIpc) is 2.73. The van der Waals surface area contributed by atoms with Crippen LogP contribution in [0, 0.1) is 11.6 Å². The minimum Gasteiger partial charge on any atom is -0.497 e. The molecule has 3 aromatic carbocycles. The predicted octanol–water partition coefficient (Wildman–Crippen LogP) is 3.81. The Morgan fingerprint density at radius 1 is 0.967 bits per heavy atom. The van der Waals surface area contributed by atoms with E-state index < -0.39 is 34.1 Å². The van der Waals surface area contributed by atoms with Crippen LogP contribution < -0.4 is 14.4 Å². The van der Waals surface area contributed by atoms with Gasteiger partial charge in [-0.3, -0.25) is 9.10 Å². The number of rotatable bonds is 7. The number of halogens is 2. The Balaban J connectivity index is 1.92. The van der Waals surface area contributed by atoms with Gasteiger partial charge in [-0.1, -0.05) is 6.07 Å². The first-order valence-electron chi connectivity index (χ1n) is 8.77.